The van der Waals surface area contributed by atoms with Gasteiger partial charge in [-0.1, -0.05) is 18.5 Å². The van der Waals surface area contributed by atoms with Crippen LogP contribution >= 0.6 is 11.6 Å². The van der Waals surface area contributed by atoms with Crippen LogP contribution in [0.2, 0.25) is 5.02 Å². The summed E-state index contributed by atoms with van der Waals surface area (Å²) in [4.78, 5) is 11.2. The highest BCUT2D eigenvalue weighted by Crippen LogP contribution is 2.20. The average Bonchev–Trinajstić information content (AvgIpc) is 2.28. The van der Waals surface area contributed by atoms with Gasteiger partial charge in [-0.2, -0.15) is 0 Å². The van der Waals surface area contributed by atoms with E-state index >= 15 is 0 Å². The van der Waals surface area contributed by atoms with Gasteiger partial charge in [-0.05, 0) is 37.7 Å². The van der Waals surface area contributed by atoms with E-state index < -0.39 is 5.91 Å². The van der Waals surface area contributed by atoms with Gasteiger partial charge < -0.3 is 16.4 Å². The Labute approximate surface area is 107 Å². The second kappa shape index (κ2) is 7.14. The number of nitrogens with two attached hydrogens (primary N) is 1. The lowest BCUT2D eigenvalue weighted by molar-refractivity contribution is 0.100. The highest BCUT2D eigenvalue weighted by atomic mass is 35.5. The van der Waals surface area contributed by atoms with Crippen LogP contribution < -0.4 is 16.4 Å². The van der Waals surface area contributed by atoms with Crippen molar-refractivity contribution in [2.45, 2.75) is 13.3 Å². The normalized spacial score (nSPS) is 10.2. The molecule has 4 nitrogen and oxygen atoms in total. The number of rotatable bonds is 7. The van der Waals surface area contributed by atoms with Gasteiger partial charge in [0.1, 0.15) is 0 Å². The topological polar surface area (TPSA) is 67.2 Å². The first-order valence-electron chi connectivity index (χ1n) is 5.69. The zero-order valence-electron chi connectivity index (χ0n) is 9.92. The van der Waals surface area contributed by atoms with E-state index in [1.54, 1.807) is 18.2 Å². The van der Waals surface area contributed by atoms with Crippen molar-refractivity contribution in [2.75, 3.05) is 25.0 Å². The molecule has 0 spiro atoms. The lowest BCUT2D eigenvalue weighted by atomic mass is 10.1. The quantitative estimate of drug-likeness (QED) is 0.652. The van der Waals surface area contributed by atoms with Gasteiger partial charge in [-0.15, -0.1) is 0 Å². The van der Waals surface area contributed by atoms with Crippen molar-refractivity contribution >= 4 is 23.2 Å². The van der Waals surface area contributed by atoms with Crippen molar-refractivity contribution in [3.8, 4) is 0 Å². The molecule has 1 aromatic carbocycles. The van der Waals surface area contributed by atoms with Gasteiger partial charge in [0.25, 0.3) is 5.91 Å². The van der Waals surface area contributed by atoms with E-state index in [9.17, 15) is 4.79 Å². The van der Waals surface area contributed by atoms with E-state index in [0.29, 0.717) is 16.3 Å². The minimum atomic E-state index is -0.448. The number of halogens is 1. The fourth-order valence-electron chi connectivity index (χ4n) is 1.49. The Morgan fingerprint density at radius 2 is 2.18 bits per heavy atom. The summed E-state index contributed by atoms with van der Waals surface area (Å²) in [6, 6.07) is 5.01. The Morgan fingerprint density at radius 3 is 2.82 bits per heavy atom. The van der Waals surface area contributed by atoms with E-state index in [1.165, 1.54) is 0 Å². The molecule has 94 valence electrons. The lowest BCUT2D eigenvalue weighted by Gasteiger charge is -2.10. The van der Waals surface area contributed by atoms with E-state index in [0.717, 1.165) is 26.1 Å². The predicted octanol–water partition coefficient (Wildman–Crippen LogP) is 1.85. The molecule has 5 heteroatoms. The standard InChI is InChI=1S/C12H18ClN3O/c1-2-15-6-3-7-16-11-8-9(13)4-5-10(11)12(14)17/h4-5,8,15-16H,2-3,6-7H2,1H3,(H2,14,17). The van der Waals surface area contributed by atoms with Crippen LogP contribution in [-0.4, -0.2) is 25.5 Å². The number of anilines is 1. The van der Waals surface area contributed by atoms with Crippen molar-refractivity contribution in [1.82, 2.24) is 5.32 Å². The first kappa shape index (κ1) is 13.8. The predicted molar refractivity (Wildman–Crippen MR) is 71.6 cm³/mol. The fourth-order valence-corrected chi connectivity index (χ4v) is 1.66. The van der Waals surface area contributed by atoms with Crippen LogP contribution in [0.4, 0.5) is 5.69 Å². The molecule has 0 radical (unpaired) electrons. The first-order valence-corrected chi connectivity index (χ1v) is 6.07. The summed E-state index contributed by atoms with van der Waals surface area (Å²) in [7, 11) is 0. The van der Waals surface area contributed by atoms with Crippen LogP contribution in [-0.2, 0) is 0 Å². The monoisotopic (exact) mass is 255 g/mol. The summed E-state index contributed by atoms with van der Waals surface area (Å²) >= 11 is 5.88. The third kappa shape index (κ3) is 4.63. The Bertz CT molecular complexity index is 382. The van der Waals surface area contributed by atoms with Gasteiger partial charge in [0.2, 0.25) is 0 Å². The maximum Gasteiger partial charge on any atom is 0.250 e. The second-order valence-electron chi connectivity index (χ2n) is 3.69. The van der Waals surface area contributed by atoms with E-state index in [1.807, 2.05) is 0 Å². The number of benzene rings is 1. The molecular weight excluding hydrogens is 238 g/mol. The number of amides is 1. The van der Waals surface area contributed by atoms with E-state index in [2.05, 4.69) is 17.6 Å². The Balaban J connectivity index is 2.56. The summed E-state index contributed by atoms with van der Waals surface area (Å²) in [6.45, 7) is 4.74. The Morgan fingerprint density at radius 1 is 1.41 bits per heavy atom. The van der Waals surface area contributed by atoms with Gasteiger partial charge in [-0.25, -0.2) is 0 Å². The Hall–Kier alpha value is -1.26. The molecule has 4 N–H and O–H groups in total. The molecule has 0 aromatic heterocycles. The molecule has 1 rings (SSSR count). The molecule has 0 heterocycles. The molecule has 0 fully saturated rings. The zero-order chi connectivity index (χ0) is 12.7. The van der Waals surface area contributed by atoms with Crippen molar-refractivity contribution in [2.24, 2.45) is 5.73 Å². The van der Waals surface area contributed by atoms with Crippen molar-refractivity contribution in [3.63, 3.8) is 0 Å². The number of carbonyl (C=O) groups is 1. The molecule has 0 unspecified atom stereocenters. The summed E-state index contributed by atoms with van der Waals surface area (Å²) in [5.41, 5.74) is 6.45. The molecule has 1 amide bonds. The average molecular weight is 256 g/mol. The van der Waals surface area contributed by atoms with Crippen LogP contribution in [0.3, 0.4) is 0 Å². The van der Waals surface area contributed by atoms with Gasteiger partial charge in [0.15, 0.2) is 0 Å². The molecule has 17 heavy (non-hydrogen) atoms. The maximum atomic E-state index is 11.2. The van der Waals surface area contributed by atoms with Crippen LogP contribution in [0.25, 0.3) is 0 Å². The fraction of sp³-hybridized carbons (Fsp3) is 0.417. The zero-order valence-corrected chi connectivity index (χ0v) is 10.7. The summed E-state index contributed by atoms with van der Waals surface area (Å²) < 4.78 is 0. The minimum absolute atomic E-state index is 0.448. The van der Waals surface area contributed by atoms with Crippen molar-refractivity contribution in [3.05, 3.63) is 28.8 Å². The summed E-state index contributed by atoms with van der Waals surface area (Å²) in [5, 5.41) is 6.98. The number of nitrogens with one attached hydrogen (secondary N) is 2. The third-order valence-electron chi connectivity index (χ3n) is 2.34. The van der Waals surface area contributed by atoms with Gasteiger partial charge in [0, 0.05) is 17.3 Å². The number of hydrogen-bond acceptors (Lipinski definition) is 3. The molecule has 1 aromatic rings. The van der Waals surface area contributed by atoms with Crippen LogP contribution in [0.5, 0.6) is 0 Å². The third-order valence-corrected chi connectivity index (χ3v) is 2.58. The highest BCUT2D eigenvalue weighted by Gasteiger charge is 2.07. The molecule has 0 aliphatic carbocycles. The summed E-state index contributed by atoms with van der Waals surface area (Å²) in [6.07, 6.45) is 0.971. The number of carbonyl (C=O) groups excluding carboxylic acids is 1. The molecule has 0 bridgehead atoms. The van der Waals surface area contributed by atoms with Crippen LogP contribution in [0, 0.1) is 0 Å². The van der Waals surface area contributed by atoms with Gasteiger partial charge >= 0.3 is 0 Å². The van der Waals surface area contributed by atoms with E-state index in [4.69, 9.17) is 17.3 Å². The SMILES string of the molecule is CCNCCCNc1cc(Cl)ccc1C(N)=O. The van der Waals surface area contributed by atoms with Crippen LogP contribution in [0.1, 0.15) is 23.7 Å². The highest BCUT2D eigenvalue weighted by molar-refractivity contribution is 6.31. The smallest absolute Gasteiger partial charge is 0.250 e. The van der Waals surface area contributed by atoms with Crippen molar-refractivity contribution in [1.29, 1.82) is 0 Å². The molecule has 0 saturated heterocycles. The number of primary amides is 1. The minimum Gasteiger partial charge on any atom is -0.384 e. The molecule has 0 aliphatic rings. The Kier molecular flexibility index (Phi) is 5.80. The second-order valence-corrected chi connectivity index (χ2v) is 4.12. The van der Waals surface area contributed by atoms with E-state index in [-0.39, 0.29) is 0 Å². The molecule has 0 atom stereocenters. The lowest BCUT2D eigenvalue weighted by Crippen LogP contribution is -2.19. The van der Waals surface area contributed by atoms with Gasteiger partial charge in [0.05, 0.1) is 5.56 Å². The van der Waals surface area contributed by atoms with Gasteiger partial charge in [-0.3, -0.25) is 4.79 Å². The molecular formula is C12H18ClN3O. The maximum absolute atomic E-state index is 11.2. The summed E-state index contributed by atoms with van der Waals surface area (Å²) in [5.74, 6) is -0.448. The van der Waals surface area contributed by atoms with Crippen LogP contribution in [0.15, 0.2) is 18.2 Å². The molecule has 0 aliphatic heterocycles. The molecule has 0 saturated carbocycles. The number of hydrogen-bond donors (Lipinski definition) is 3. The largest absolute Gasteiger partial charge is 0.384 e. The first-order chi connectivity index (χ1) is 8.15. The van der Waals surface area contributed by atoms with Crippen molar-refractivity contribution < 1.29 is 4.79 Å².